The van der Waals surface area contributed by atoms with Gasteiger partial charge in [-0.1, -0.05) is 18.3 Å². The largest absolute Gasteiger partial charge is 0.389 e. The van der Waals surface area contributed by atoms with Gasteiger partial charge in [0, 0.05) is 15.7 Å². The first-order valence-electron chi connectivity index (χ1n) is 4.12. The van der Waals surface area contributed by atoms with Crippen molar-refractivity contribution in [2.24, 2.45) is 5.73 Å². The number of rotatable bonds is 4. The Bertz CT molecular complexity index is 371. The SMILES string of the molecule is NC(=S)c1c(Br)cccc1NCC(F)F. The van der Waals surface area contributed by atoms with Crippen molar-refractivity contribution in [3.63, 3.8) is 0 Å². The molecule has 0 aliphatic rings. The van der Waals surface area contributed by atoms with Gasteiger partial charge in [0.2, 0.25) is 0 Å². The average molecular weight is 295 g/mol. The Morgan fingerprint density at radius 3 is 2.73 bits per heavy atom. The average Bonchev–Trinajstić information content (AvgIpc) is 2.13. The predicted octanol–water partition coefficient (Wildman–Crippen LogP) is 2.76. The number of halogens is 3. The van der Waals surface area contributed by atoms with Gasteiger partial charge in [-0.15, -0.1) is 0 Å². The summed E-state index contributed by atoms with van der Waals surface area (Å²) in [6.07, 6.45) is -2.41. The van der Waals surface area contributed by atoms with Crippen LogP contribution >= 0.6 is 28.1 Å². The molecule has 0 saturated carbocycles. The first-order chi connectivity index (χ1) is 7.02. The summed E-state index contributed by atoms with van der Waals surface area (Å²) >= 11 is 8.10. The van der Waals surface area contributed by atoms with Crippen molar-refractivity contribution in [1.82, 2.24) is 0 Å². The van der Waals surface area contributed by atoms with E-state index in [1.165, 1.54) is 0 Å². The summed E-state index contributed by atoms with van der Waals surface area (Å²) < 4.78 is 24.7. The number of alkyl halides is 2. The minimum atomic E-state index is -2.41. The van der Waals surface area contributed by atoms with Gasteiger partial charge in [-0.3, -0.25) is 0 Å². The van der Waals surface area contributed by atoms with Crippen LogP contribution in [0.1, 0.15) is 5.56 Å². The summed E-state index contributed by atoms with van der Waals surface area (Å²) in [5, 5.41) is 2.59. The molecule has 82 valence electrons. The molecule has 0 saturated heterocycles. The molecule has 6 heteroatoms. The van der Waals surface area contributed by atoms with Gasteiger partial charge in [-0.25, -0.2) is 8.78 Å². The Morgan fingerprint density at radius 1 is 1.53 bits per heavy atom. The molecule has 1 rings (SSSR count). The summed E-state index contributed by atoms with van der Waals surface area (Å²) in [6, 6.07) is 5.13. The maximum absolute atomic E-state index is 12.0. The lowest BCUT2D eigenvalue weighted by Gasteiger charge is -2.12. The number of thiocarbonyl (C=S) groups is 1. The highest BCUT2D eigenvalue weighted by molar-refractivity contribution is 9.10. The summed E-state index contributed by atoms with van der Waals surface area (Å²) in [5.41, 5.74) is 6.56. The number of hydrogen-bond acceptors (Lipinski definition) is 2. The summed E-state index contributed by atoms with van der Waals surface area (Å²) in [7, 11) is 0. The fraction of sp³-hybridized carbons (Fsp3) is 0.222. The topological polar surface area (TPSA) is 38.0 Å². The van der Waals surface area contributed by atoms with Crippen LogP contribution in [-0.2, 0) is 0 Å². The molecule has 0 spiro atoms. The van der Waals surface area contributed by atoms with Gasteiger partial charge >= 0.3 is 0 Å². The molecule has 3 N–H and O–H groups in total. The van der Waals surface area contributed by atoms with Gasteiger partial charge in [0.05, 0.1) is 6.54 Å². The first-order valence-corrected chi connectivity index (χ1v) is 5.33. The number of nitrogens with one attached hydrogen (secondary N) is 1. The van der Waals surface area contributed by atoms with Crippen LogP contribution in [0.5, 0.6) is 0 Å². The van der Waals surface area contributed by atoms with E-state index in [9.17, 15) is 8.78 Å². The molecular formula is C9H9BrF2N2S. The molecule has 2 nitrogen and oxygen atoms in total. The standard InChI is InChI=1S/C9H9BrF2N2S/c10-5-2-1-3-6(8(5)9(13)15)14-4-7(11)12/h1-3,7,14H,4H2,(H2,13,15). The third-order valence-corrected chi connectivity index (χ3v) is 2.57. The molecule has 0 aliphatic carbocycles. The molecule has 15 heavy (non-hydrogen) atoms. The second-order valence-electron chi connectivity index (χ2n) is 2.80. The first kappa shape index (κ1) is 12.3. The van der Waals surface area contributed by atoms with Crippen LogP contribution in [0.15, 0.2) is 22.7 Å². The van der Waals surface area contributed by atoms with Gasteiger partial charge < -0.3 is 11.1 Å². The van der Waals surface area contributed by atoms with Crippen LogP contribution in [0, 0.1) is 0 Å². The van der Waals surface area contributed by atoms with Gasteiger partial charge in [0.15, 0.2) is 0 Å². The van der Waals surface area contributed by atoms with E-state index in [0.717, 1.165) is 0 Å². The normalized spacial score (nSPS) is 10.4. The summed E-state index contributed by atoms with van der Waals surface area (Å²) in [6.45, 7) is -0.425. The third kappa shape index (κ3) is 3.39. The minimum Gasteiger partial charge on any atom is -0.389 e. The fourth-order valence-electron chi connectivity index (χ4n) is 1.11. The van der Waals surface area contributed by atoms with E-state index >= 15 is 0 Å². The lowest BCUT2D eigenvalue weighted by atomic mass is 10.2. The van der Waals surface area contributed by atoms with Crippen LogP contribution in [0.3, 0.4) is 0 Å². The Morgan fingerprint density at radius 2 is 2.20 bits per heavy atom. The maximum atomic E-state index is 12.0. The molecule has 1 aromatic rings. The lowest BCUT2D eigenvalue weighted by molar-refractivity contribution is 0.163. The summed E-state index contributed by atoms with van der Waals surface area (Å²) in [4.78, 5) is 0.166. The van der Waals surface area contributed by atoms with E-state index in [2.05, 4.69) is 21.2 Å². The zero-order valence-corrected chi connectivity index (χ0v) is 10.0. The summed E-state index contributed by atoms with van der Waals surface area (Å²) in [5.74, 6) is 0. The molecule has 0 aliphatic heterocycles. The molecule has 0 radical (unpaired) electrons. The van der Waals surface area contributed by atoms with Crippen molar-refractivity contribution < 1.29 is 8.78 Å². The molecule has 0 fully saturated rings. The van der Waals surface area contributed by atoms with Gasteiger partial charge in [0.1, 0.15) is 4.99 Å². The van der Waals surface area contributed by atoms with Crippen molar-refractivity contribution in [2.45, 2.75) is 6.43 Å². The second-order valence-corrected chi connectivity index (χ2v) is 4.09. The van der Waals surface area contributed by atoms with Gasteiger partial charge in [0.25, 0.3) is 6.43 Å². The highest BCUT2D eigenvalue weighted by atomic mass is 79.9. The van der Waals surface area contributed by atoms with Crippen molar-refractivity contribution in [1.29, 1.82) is 0 Å². The van der Waals surface area contributed by atoms with E-state index in [0.29, 0.717) is 15.7 Å². The van der Waals surface area contributed by atoms with Crippen LogP contribution < -0.4 is 11.1 Å². The van der Waals surface area contributed by atoms with Gasteiger partial charge in [-0.2, -0.15) is 0 Å². The van der Waals surface area contributed by atoms with Crippen LogP contribution in [-0.4, -0.2) is 18.0 Å². The van der Waals surface area contributed by atoms with E-state index in [4.69, 9.17) is 18.0 Å². The van der Waals surface area contributed by atoms with Crippen LogP contribution in [0.2, 0.25) is 0 Å². The maximum Gasteiger partial charge on any atom is 0.255 e. The highest BCUT2D eigenvalue weighted by Gasteiger charge is 2.10. The number of hydrogen-bond donors (Lipinski definition) is 2. The number of nitrogens with two attached hydrogens (primary N) is 1. The number of anilines is 1. The molecule has 0 amide bonds. The molecule has 0 aromatic heterocycles. The van der Waals surface area contributed by atoms with Crippen LogP contribution in [0.25, 0.3) is 0 Å². The molecule has 0 heterocycles. The second kappa shape index (κ2) is 5.37. The van der Waals surface area contributed by atoms with E-state index < -0.39 is 13.0 Å². The smallest absolute Gasteiger partial charge is 0.255 e. The predicted molar refractivity (Wildman–Crippen MR) is 64.5 cm³/mol. The zero-order valence-electron chi connectivity index (χ0n) is 7.64. The zero-order chi connectivity index (χ0) is 11.4. The Hall–Kier alpha value is -0.750. The third-order valence-electron chi connectivity index (χ3n) is 1.71. The molecule has 1 aromatic carbocycles. The van der Waals surface area contributed by atoms with E-state index in [1.807, 2.05) is 0 Å². The number of benzene rings is 1. The Labute approximate surface area is 100.0 Å². The lowest BCUT2D eigenvalue weighted by Crippen LogP contribution is -2.17. The van der Waals surface area contributed by atoms with E-state index in [1.54, 1.807) is 18.2 Å². The quantitative estimate of drug-likeness (QED) is 0.839. The fourth-order valence-corrected chi connectivity index (χ4v) is 2.04. The Kier molecular flexibility index (Phi) is 4.41. The van der Waals surface area contributed by atoms with Crippen molar-refractivity contribution in [3.05, 3.63) is 28.2 Å². The molecule has 0 atom stereocenters. The van der Waals surface area contributed by atoms with Crippen molar-refractivity contribution >= 4 is 38.8 Å². The van der Waals surface area contributed by atoms with E-state index in [-0.39, 0.29) is 4.99 Å². The molecule has 0 unspecified atom stereocenters. The molecular weight excluding hydrogens is 286 g/mol. The molecule has 0 bridgehead atoms. The highest BCUT2D eigenvalue weighted by Crippen LogP contribution is 2.24. The Balaban J connectivity index is 2.96. The van der Waals surface area contributed by atoms with Crippen molar-refractivity contribution in [2.75, 3.05) is 11.9 Å². The van der Waals surface area contributed by atoms with Crippen molar-refractivity contribution in [3.8, 4) is 0 Å². The van der Waals surface area contributed by atoms with Gasteiger partial charge in [-0.05, 0) is 28.1 Å². The minimum absolute atomic E-state index is 0.166. The monoisotopic (exact) mass is 294 g/mol. The van der Waals surface area contributed by atoms with Crippen LogP contribution in [0.4, 0.5) is 14.5 Å².